The molecule has 1 atom stereocenters. The number of ether oxygens (including phenoxy) is 1. The minimum atomic E-state index is -0.218. The molecule has 0 aliphatic rings. The third-order valence-electron chi connectivity index (χ3n) is 3.24. The normalized spacial score (nSPS) is 12.7. The van der Waals surface area contributed by atoms with Crippen LogP contribution >= 0.6 is 0 Å². The molecule has 1 amide bonds. The predicted octanol–water partition coefficient (Wildman–Crippen LogP) is 1.02. The van der Waals surface area contributed by atoms with Crippen molar-refractivity contribution in [3.63, 3.8) is 0 Å². The fraction of sp³-hybridized carbons (Fsp3) is 0.600. The quantitative estimate of drug-likeness (QED) is 0.816. The van der Waals surface area contributed by atoms with Crippen LogP contribution in [0, 0.1) is 5.92 Å². The number of pyridine rings is 1. The summed E-state index contributed by atoms with van der Waals surface area (Å²) in [5.74, 6) is 0.117. The number of aromatic nitrogens is 1. The van der Waals surface area contributed by atoms with E-state index in [-0.39, 0.29) is 23.4 Å². The standard InChI is InChI=1S/C15H25N3O3/c1-11(2)14(17(3)4)15(20)16-12-6-7-13(19)18(10-12)8-9-21-5/h6-7,10-11,14H,8-9H2,1-5H3,(H,16,20). The molecule has 0 bridgehead atoms. The maximum Gasteiger partial charge on any atom is 0.250 e. The van der Waals surface area contributed by atoms with Crippen LogP contribution < -0.4 is 10.9 Å². The monoisotopic (exact) mass is 295 g/mol. The summed E-state index contributed by atoms with van der Waals surface area (Å²) in [6.45, 7) is 4.91. The summed E-state index contributed by atoms with van der Waals surface area (Å²) in [6, 6.07) is 2.85. The van der Waals surface area contributed by atoms with Crippen LogP contribution in [0.3, 0.4) is 0 Å². The maximum atomic E-state index is 12.3. The van der Waals surface area contributed by atoms with Crippen LogP contribution in [0.1, 0.15) is 13.8 Å². The number of nitrogens with zero attached hydrogens (tertiary/aromatic N) is 2. The lowest BCUT2D eigenvalue weighted by atomic mass is 10.0. The predicted molar refractivity (Wildman–Crippen MR) is 83.5 cm³/mol. The molecule has 0 fully saturated rings. The SMILES string of the molecule is COCCn1cc(NC(=O)C(C(C)C)N(C)C)ccc1=O. The summed E-state index contributed by atoms with van der Waals surface area (Å²) in [4.78, 5) is 25.9. The van der Waals surface area contributed by atoms with E-state index in [1.165, 1.54) is 10.6 Å². The van der Waals surface area contributed by atoms with Crippen molar-refractivity contribution >= 4 is 11.6 Å². The average Bonchev–Trinajstić information content (AvgIpc) is 2.38. The molecule has 0 spiro atoms. The van der Waals surface area contributed by atoms with E-state index in [4.69, 9.17) is 4.74 Å². The number of methoxy groups -OCH3 is 1. The van der Waals surface area contributed by atoms with Crippen molar-refractivity contribution in [3.05, 3.63) is 28.7 Å². The average molecular weight is 295 g/mol. The van der Waals surface area contributed by atoms with E-state index < -0.39 is 0 Å². The molecule has 21 heavy (non-hydrogen) atoms. The Balaban J connectivity index is 2.87. The van der Waals surface area contributed by atoms with Gasteiger partial charge in [0.1, 0.15) is 0 Å². The van der Waals surface area contributed by atoms with Crippen LogP contribution in [0.4, 0.5) is 5.69 Å². The van der Waals surface area contributed by atoms with Gasteiger partial charge in [0.2, 0.25) is 5.91 Å². The molecule has 1 rings (SSSR count). The Morgan fingerprint density at radius 2 is 2.05 bits per heavy atom. The largest absolute Gasteiger partial charge is 0.383 e. The van der Waals surface area contributed by atoms with Gasteiger partial charge in [-0.15, -0.1) is 0 Å². The molecule has 0 saturated carbocycles. The van der Waals surface area contributed by atoms with Crippen LogP contribution in [0.5, 0.6) is 0 Å². The van der Waals surface area contributed by atoms with E-state index in [2.05, 4.69) is 5.32 Å². The Morgan fingerprint density at radius 3 is 2.57 bits per heavy atom. The van der Waals surface area contributed by atoms with Gasteiger partial charge >= 0.3 is 0 Å². The summed E-state index contributed by atoms with van der Waals surface area (Å²) in [6.07, 6.45) is 1.65. The molecule has 6 nitrogen and oxygen atoms in total. The van der Waals surface area contributed by atoms with Crippen molar-refractivity contribution in [1.29, 1.82) is 0 Å². The van der Waals surface area contributed by atoms with Crippen molar-refractivity contribution < 1.29 is 9.53 Å². The zero-order chi connectivity index (χ0) is 16.0. The van der Waals surface area contributed by atoms with Gasteiger partial charge in [-0.05, 0) is 26.1 Å². The van der Waals surface area contributed by atoms with E-state index in [1.54, 1.807) is 19.4 Å². The Kier molecular flexibility index (Phi) is 6.58. The molecule has 0 aromatic carbocycles. The number of likely N-dealkylation sites (N-methyl/N-ethyl adjacent to an activating group) is 1. The van der Waals surface area contributed by atoms with Crippen molar-refractivity contribution in [2.24, 2.45) is 5.92 Å². The van der Waals surface area contributed by atoms with Gasteiger partial charge in [-0.3, -0.25) is 14.5 Å². The number of anilines is 1. The topological polar surface area (TPSA) is 63.6 Å². The zero-order valence-electron chi connectivity index (χ0n) is 13.4. The Bertz CT molecular complexity index is 515. The van der Waals surface area contributed by atoms with E-state index in [9.17, 15) is 9.59 Å². The molecule has 118 valence electrons. The molecule has 1 unspecified atom stereocenters. The van der Waals surface area contributed by atoms with Crippen molar-refractivity contribution in [1.82, 2.24) is 9.47 Å². The molecule has 1 aromatic heterocycles. The first-order valence-corrected chi connectivity index (χ1v) is 7.03. The van der Waals surface area contributed by atoms with Crippen LogP contribution in [-0.4, -0.2) is 49.2 Å². The van der Waals surface area contributed by atoms with Crippen LogP contribution in [-0.2, 0) is 16.1 Å². The van der Waals surface area contributed by atoms with Gasteiger partial charge in [0, 0.05) is 25.9 Å². The Hall–Kier alpha value is -1.66. The number of amides is 1. The molecule has 0 aliphatic carbocycles. The highest BCUT2D eigenvalue weighted by molar-refractivity contribution is 5.94. The van der Waals surface area contributed by atoms with Gasteiger partial charge in [0.15, 0.2) is 0 Å². The third-order valence-corrected chi connectivity index (χ3v) is 3.24. The molecule has 1 aromatic rings. The summed E-state index contributed by atoms with van der Waals surface area (Å²) in [5.41, 5.74) is 0.501. The van der Waals surface area contributed by atoms with Crippen molar-refractivity contribution in [2.45, 2.75) is 26.4 Å². The van der Waals surface area contributed by atoms with E-state index >= 15 is 0 Å². The van der Waals surface area contributed by atoms with Crippen LogP contribution in [0.25, 0.3) is 0 Å². The van der Waals surface area contributed by atoms with Gasteiger partial charge in [-0.25, -0.2) is 0 Å². The molecule has 0 saturated heterocycles. The van der Waals surface area contributed by atoms with Crippen molar-refractivity contribution in [2.75, 3.05) is 33.1 Å². The maximum absolute atomic E-state index is 12.3. The first kappa shape index (κ1) is 17.4. The van der Waals surface area contributed by atoms with Gasteiger partial charge in [-0.2, -0.15) is 0 Å². The molecule has 0 radical (unpaired) electrons. The number of carbonyl (C=O) groups excluding carboxylic acids is 1. The molecule has 6 heteroatoms. The van der Waals surface area contributed by atoms with Gasteiger partial charge in [0.25, 0.3) is 5.56 Å². The second-order valence-corrected chi connectivity index (χ2v) is 5.58. The van der Waals surface area contributed by atoms with Crippen LogP contribution in [0.2, 0.25) is 0 Å². The minimum absolute atomic E-state index is 0.0769. The highest BCUT2D eigenvalue weighted by Crippen LogP contribution is 2.11. The zero-order valence-corrected chi connectivity index (χ0v) is 13.4. The fourth-order valence-corrected chi connectivity index (χ4v) is 2.32. The lowest BCUT2D eigenvalue weighted by Crippen LogP contribution is -2.43. The van der Waals surface area contributed by atoms with Crippen LogP contribution in [0.15, 0.2) is 23.1 Å². The number of hydrogen-bond donors (Lipinski definition) is 1. The first-order chi connectivity index (χ1) is 9.86. The number of nitrogens with one attached hydrogen (secondary N) is 1. The molecular formula is C15H25N3O3. The fourth-order valence-electron chi connectivity index (χ4n) is 2.32. The number of rotatable bonds is 7. The smallest absolute Gasteiger partial charge is 0.250 e. The number of carbonyl (C=O) groups is 1. The second kappa shape index (κ2) is 7.95. The summed E-state index contributed by atoms with van der Waals surface area (Å²) >= 11 is 0. The Labute approximate surface area is 125 Å². The Morgan fingerprint density at radius 1 is 1.38 bits per heavy atom. The van der Waals surface area contributed by atoms with Crippen molar-refractivity contribution in [3.8, 4) is 0 Å². The molecular weight excluding hydrogens is 270 g/mol. The summed E-state index contributed by atoms with van der Waals surface area (Å²) < 4.78 is 6.50. The van der Waals surface area contributed by atoms with E-state index in [0.717, 1.165) is 0 Å². The molecule has 1 N–H and O–H groups in total. The lowest BCUT2D eigenvalue weighted by molar-refractivity contribution is -0.121. The highest BCUT2D eigenvalue weighted by Gasteiger charge is 2.24. The first-order valence-electron chi connectivity index (χ1n) is 7.03. The highest BCUT2D eigenvalue weighted by atomic mass is 16.5. The summed E-state index contributed by atoms with van der Waals surface area (Å²) in [7, 11) is 5.34. The van der Waals surface area contributed by atoms with E-state index in [1.807, 2.05) is 32.8 Å². The lowest BCUT2D eigenvalue weighted by Gasteiger charge is -2.26. The second-order valence-electron chi connectivity index (χ2n) is 5.58. The van der Waals surface area contributed by atoms with E-state index in [0.29, 0.717) is 18.8 Å². The van der Waals surface area contributed by atoms with Gasteiger partial charge < -0.3 is 14.6 Å². The van der Waals surface area contributed by atoms with Gasteiger partial charge in [-0.1, -0.05) is 13.8 Å². The molecule has 1 heterocycles. The number of hydrogen-bond acceptors (Lipinski definition) is 4. The summed E-state index contributed by atoms with van der Waals surface area (Å²) in [5, 5.41) is 2.87. The minimum Gasteiger partial charge on any atom is -0.383 e. The van der Waals surface area contributed by atoms with Gasteiger partial charge in [0.05, 0.1) is 18.3 Å². The third kappa shape index (κ3) is 4.99. The molecule has 0 aliphatic heterocycles.